The maximum absolute atomic E-state index is 12.8. The zero-order valence-electron chi connectivity index (χ0n) is 12.9. The molecule has 0 radical (unpaired) electrons. The number of alkyl halides is 3. The summed E-state index contributed by atoms with van der Waals surface area (Å²) in [4.78, 5) is 23.5. The Bertz CT molecular complexity index is 764. The van der Waals surface area contributed by atoms with Gasteiger partial charge in [-0.1, -0.05) is 41.9 Å². The Hall–Kier alpha value is -2.54. The molecular weight excluding hydrogens is 357 g/mol. The fourth-order valence-electron chi connectivity index (χ4n) is 2.05. The summed E-state index contributed by atoms with van der Waals surface area (Å²) in [6.45, 7) is -0.352. The van der Waals surface area contributed by atoms with Gasteiger partial charge in [-0.3, -0.25) is 9.59 Å². The first kappa shape index (κ1) is 18.8. The predicted molar refractivity (Wildman–Crippen MR) is 88.2 cm³/mol. The van der Waals surface area contributed by atoms with Gasteiger partial charge in [-0.15, -0.1) is 0 Å². The lowest BCUT2D eigenvalue weighted by molar-refractivity contribution is -0.137. The molecule has 0 saturated heterocycles. The number of nitrogens with one attached hydrogen (secondary N) is 2. The average Bonchev–Trinajstić information content (AvgIpc) is 2.55. The van der Waals surface area contributed by atoms with Crippen LogP contribution in [0.1, 0.15) is 11.1 Å². The van der Waals surface area contributed by atoms with Crippen molar-refractivity contribution in [3.05, 3.63) is 64.7 Å². The van der Waals surface area contributed by atoms with E-state index in [9.17, 15) is 22.8 Å². The Balaban J connectivity index is 1.89. The Labute approximate surface area is 147 Å². The Morgan fingerprint density at radius 2 is 1.68 bits per heavy atom. The van der Waals surface area contributed by atoms with Crippen molar-refractivity contribution in [2.75, 3.05) is 11.9 Å². The number of hydrogen-bond donors (Lipinski definition) is 2. The highest BCUT2D eigenvalue weighted by atomic mass is 35.5. The van der Waals surface area contributed by atoms with Crippen LogP contribution in [0.15, 0.2) is 48.5 Å². The first-order valence-corrected chi connectivity index (χ1v) is 7.61. The molecule has 2 N–H and O–H groups in total. The van der Waals surface area contributed by atoms with Gasteiger partial charge in [-0.2, -0.15) is 13.2 Å². The zero-order valence-corrected chi connectivity index (χ0v) is 13.6. The third-order valence-corrected chi connectivity index (χ3v) is 3.54. The summed E-state index contributed by atoms with van der Waals surface area (Å²) in [5, 5.41) is 4.24. The number of carbonyl (C=O) groups is 2. The van der Waals surface area contributed by atoms with Crippen LogP contribution in [0.5, 0.6) is 0 Å². The quantitative estimate of drug-likeness (QED) is 0.844. The third-order valence-electron chi connectivity index (χ3n) is 3.21. The van der Waals surface area contributed by atoms with Crippen molar-refractivity contribution in [2.45, 2.75) is 12.6 Å². The number of halogens is 4. The molecule has 0 aliphatic carbocycles. The summed E-state index contributed by atoms with van der Waals surface area (Å²) in [7, 11) is 0. The number of hydrogen-bond acceptors (Lipinski definition) is 2. The van der Waals surface area contributed by atoms with Crippen molar-refractivity contribution in [3.63, 3.8) is 0 Å². The summed E-state index contributed by atoms with van der Waals surface area (Å²) in [5.41, 5.74) is -0.313. The summed E-state index contributed by atoms with van der Waals surface area (Å²) < 4.78 is 38.3. The van der Waals surface area contributed by atoms with Gasteiger partial charge in [0.15, 0.2) is 0 Å². The fourth-order valence-corrected chi connectivity index (χ4v) is 2.27. The van der Waals surface area contributed by atoms with E-state index in [4.69, 9.17) is 11.6 Å². The normalized spacial score (nSPS) is 11.0. The van der Waals surface area contributed by atoms with Gasteiger partial charge in [-0.05, 0) is 23.8 Å². The van der Waals surface area contributed by atoms with Crippen LogP contribution < -0.4 is 10.6 Å². The number of rotatable bonds is 5. The van der Waals surface area contributed by atoms with Gasteiger partial charge in [0.25, 0.3) is 0 Å². The number of anilines is 1. The molecule has 2 aromatic rings. The van der Waals surface area contributed by atoms with Gasteiger partial charge in [0, 0.05) is 5.69 Å². The molecule has 132 valence electrons. The van der Waals surface area contributed by atoms with Gasteiger partial charge in [0.2, 0.25) is 11.8 Å². The highest BCUT2D eigenvalue weighted by Crippen LogP contribution is 2.36. The van der Waals surface area contributed by atoms with E-state index < -0.39 is 22.7 Å². The number of amides is 2. The van der Waals surface area contributed by atoms with Crippen LogP contribution in [-0.4, -0.2) is 18.4 Å². The highest BCUT2D eigenvalue weighted by molar-refractivity contribution is 6.31. The molecule has 0 aliphatic rings. The van der Waals surface area contributed by atoms with Crippen LogP contribution >= 0.6 is 11.6 Å². The van der Waals surface area contributed by atoms with Crippen LogP contribution in [0.3, 0.4) is 0 Å². The Morgan fingerprint density at radius 1 is 1.00 bits per heavy atom. The highest BCUT2D eigenvalue weighted by Gasteiger charge is 2.33. The molecule has 2 amide bonds. The van der Waals surface area contributed by atoms with Crippen molar-refractivity contribution in [1.82, 2.24) is 5.32 Å². The zero-order chi connectivity index (χ0) is 18.4. The summed E-state index contributed by atoms with van der Waals surface area (Å²) in [5.74, 6) is -1.01. The van der Waals surface area contributed by atoms with Crippen molar-refractivity contribution in [1.29, 1.82) is 0 Å². The largest absolute Gasteiger partial charge is 0.417 e. The molecule has 0 fully saturated rings. The molecule has 2 rings (SSSR count). The topological polar surface area (TPSA) is 58.2 Å². The molecule has 0 spiro atoms. The van der Waals surface area contributed by atoms with Crippen LogP contribution in [0, 0.1) is 0 Å². The third kappa shape index (κ3) is 5.79. The SMILES string of the molecule is O=C(Cc1ccccc1)NCC(=O)Nc1ccc(Cl)c(C(F)(F)F)c1. The lowest BCUT2D eigenvalue weighted by Gasteiger charge is -2.12. The summed E-state index contributed by atoms with van der Waals surface area (Å²) in [6, 6.07) is 12.0. The standard InChI is InChI=1S/C17H14ClF3N2O2/c18-14-7-6-12(9-13(14)17(19,20)21)23-16(25)10-22-15(24)8-11-4-2-1-3-5-11/h1-7,9H,8,10H2,(H,22,24)(H,23,25). The molecule has 2 aromatic carbocycles. The Morgan fingerprint density at radius 3 is 2.32 bits per heavy atom. The molecule has 0 bridgehead atoms. The van der Waals surface area contributed by atoms with Gasteiger partial charge < -0.3 is 10.6 Å². The van der Waals surface area contributed by atoms with Crippen molar-refractivity contribution >= 4 is 29.1 Å². The van der Waals surface area contributed by atoms with Crippen molar-refractivity contribution < 1.29 is 22.8 Å². The second kappa shape index (κ2) is 8.02. The van der Waals surface area contributed by atoms with E-state index in [0.717, 1.165) is 17.7 Å². The molecule has 0 heterocycles. The molecule has 0 unspecified atom stereocenters. The van der Waals surface area contributed by atoms with Crippen LogP contribution in [0.4, 0.5) is 18.9 Å². The minimum Gasteiger partial charge on any atom is -0.347 e. The minimum absolute atomic E-state index is 0.0565. The number of benzene rings is 2. The number of carbonyl (C=O) groups excluding carboxylic acids is 2. The summed E-state index contributed by atoms with van der Waals surface area (Å²) in [6.07, 6.45) is -4.52. The van der Waals surface area contributed by atoms with Crippen LogP contribution in [0.25, 0.3) is 0 Å². The maximum atomic E-state index is 12.8. The molecule has 0 atom stereocenters. The van der Waals surface area contributed by atoms with Crippen molar-refractivity contribution in [3.8, 4) is 0 Å². The monoisotopic (exact) mass is 370 g/mol. The van der Waals surface area contributed by atoms with Gasteiger partial charge >= 0.3 is 6.18 Å². The molecular formula is C17H14ClF3N2O2. The smallest absolute Gasteiger partial charge is 0.347 e. The van der Waals surface area contributed by atoms with Crippen LogP contribution in [-0.2, 0) is 22.2 Å². The van der Waals surface area contributed by atoms with Crippen molar-refractivity contribution in [2.24, 2.45) is 0 Å². The van der Waals surface area contributed by atoms with E-state index in [2.05, 4.69) is 10.6 Å². The lowest BCUT2D eigenvalue weighted by atomic mass is 10.1. The van der Waals surface area contributed by atoms with E-state index in [1.807, 2.05) is 6.07 Å². The molecule has 25 heavy (non-hydrogen) atoms. The maximum Gasteiger partial charge on any atom is 0.417 e. The molecule has 0 aromatic heterocycles. The van der Waals surface area contributed by atoms with Crippen LogP contribution in [0.2, 0.25) is 5.02 Å². The second-order valence-corrected chi connectivity index (χ2v) is 5.59. The first-order valence-electron chi connectivity index (χ1n) is 7.23. The predicted octanol–water partition coefficient (Wildman–Crippen LogP) is 3.66. The van der Waals surface area contributed by atoms with E-state index in [-0.39, 0.29) is 24.6 Å². The van der Waals surface area contributed by atoms with Gasteiger partial charge in [0.1, 0.15) is 0 Å². The Kier molecular flexibility index (Phi) is 6.03. The minimum atomic E-state index is -4.62. The van der Waals surface area contributed by atoms with E-state index in [0.29, 0.717) is 0 Å². The molecule has 0 saturated carbocycles. The second-order valence-electron chi connectivity index (χ2n) is 5.18. The molecule has 0 aliphatic heterocycles. The fraction of sp³-hybridized carbons (Fsp3) is 0.176. The van der Waals surface area contributed by atoms with Gasteiger partial charge in [-0.25, -0.2) is 0 Å². The molecule has 8 heteroatoms. The molecule has 4 nitrogen and oxygen atoms in total. The van der Waals surface area contributed by atoms with E-state index in [1.54, 1.807) is 24.3 Å². The van der Waals surface area contributed by atoms with E-state index in [1.165, 1.54) is 6.07 Å². The lowest BCUT2D eigenvalue weighted by Crippen LogP contribution is -2.33. The van der Waals surface area contributed by atoms with Gasteiger partial charge in [0.05, 0.1) is 23.6 Å². The van der Waals surface area contributed by atoms with E-state index >= 15 is 0 Å². The average molecular weight is 371 g/mol. The summed E-state index contributed by atoms with van der Waals surface area (Å²) >= 11 is 5.51. The first-order chi connectivity index (χ1) is 11.8.